The minimum Gasteiger partial charge on any atom is -0.349 e. The van der Waals surface area contributed by atoms with Crippen molar-refractivity contribution in [3.05, 3.63) is 35.2 Å². The lowest BCUT2D eigenvalue weighted by molar-refractivity contribution is 0.949. The molecule has 0 radical (unpaired) electrons. The number of aromatic amines is 1. The predicted octanol–water partition coefficient (Wildman–Crippen LogP) is 1.99. The molecule has 0 fully saturated rings. The Balaban J connectivity index is 2.01. The fourth-order valence-corrected chi connectivity index (χ4v) is 1.65. The van der Waals surface area contributed by atoms with Crippen molar-refractivity contribution in [2.45, 2.75) is 33.7 Å². The molecule has 90 valence electrons. The van der Waals surface area contributed by atoms with Gasteiger partial charge < -0.3 is 10.3 Å². The highest BCUT2D eigenvalue weighted by atomic mass is 15.1. The van der Waals surface area contributed by atoms with Crippen LogP contribution in [-0.2, 0) is 13.0 Å². The van der Waals surface area contributed by atoms with Crippen LogP contribution in [-0.4, -0.2) is 19.9 Å². The molecule has 0 amide bonds. The molecule has 5 heteroatoms. The standard InChI is InChI=1S/C12H17N5/c1-4-11-13-6-10(17-11)7-14-12-15-8(2)5-9(3)16-12/h5-6H,4,7H2,1-3H3,(H,13,17)(H,14,15,16). The summed E-state index contributed by atoms with van der Waals surface area (Å²) in [6, 6.07) is 1.95. The van der Waals surface area contributed by atoms with E-state index in [-0.39, 0.29) is 0 Å². The Kier molecular flexibility index (Phi) is 3.37. The lowest BCUT2D eigenvalue weighted by atomic mass is 10.3. The average Bonchev–Trinajstić information content (AvgIpc) is 2.73. The van der Waals surface area contributed by atoms with Crippen LogP contribution in [0.25, 0.3) is 0 Å². The van der Waals surface area contributed by atoms with Gasteiger partial charge in [-0.2, -0.15) is 0 Å². The Hall–Kier alpha value is -1.91. The van der Waals surface area contributed by atoms with Crippen molar-refractivity contribution in [2.75, 3.05) is 5.32 Å². The van der Waals surface area contributed by atoms with Gasteiger partial charge in [-0.1, -0.05) is 6.92 Å². The third-order valence-corrected chi connectivity index (χ3v) is 2.44. The van der Waals surface area contributed by atoms with Gasteiger partial charge in [-0.15, -0.1) is 0 Å². The number of hydrogen-bond donors (Lipinski definition) is 2. The first kappa shape index (κ1) is 11.6. The van der Waals surface area contributed by atoms with Crippen LogP contribution in [0.3, 0.4) is 0 Å². The summed E-state index contributed by atoms with van der Waals surface area (Å²) in [7, 11) is 0. The number of H-pyrrole nitrogens is 1. The largest absolute Gasteiger partial charge is 0.349 e. The predicted molar refractivity (Wildman–Crippen MR) is 66.8 cm³/mol. The average molecular weight is 231 g/mol. The van der Waals surface area contributed by atoms with Gasteiger partial charge in [-0.3, -0.25) is 0 Å². The zero-order chi connectivity index (χ0) is 12.3. The Bertz CT molecular complexity index is 483. The summed E-state index contributed by atoms with van der Waals surface area (Å²) in [5, 5.41) is 3.19. The summed E-state index contributed by atoms with van der Waals surface area (Å²) in [5.41, 5.74) is 2.99. The van der Waals surface area contributed by atoms with Crippen molar-refractivity contribution < 1.29 is 0 Å². The van der Waals surface area contributed by atoms with Gasteiger partial charge in [0.2, 0.25) is 5.95 Å². The van der Waals surface area contributed by atoms with Crippen LogP contribution < -0.4 is 5.32 Å². The maximum Gasteiger partial charge on any atom is 0.223 e. The molecule has 2 heterocycles. The molecule has 2 aromatic rings. The zero-order valence-electron chi connectivity index (χ0n) is 10.4. The van der Waals surface area contributed by atoms with Crippen molar-refractivity contribution in [1.29, 1.82) is 0 Å². The van der Waals surface area contributed by atoms with E-state index in [9.17, 15) is 0 Å². The van der Waals surface area contributed by atoms with Crippen molar-refractivity contribution >= 4 is 5.95 Å². The molecule has 2 rings (SSSR count). The lowest BCUT2D eigenvalue weighted by Gasteiger charge is -2.04. The van der Waals surface area contributed by atoms with E-state index in [0.29, 0.717) is 12.5 Å². The number of aryl methyl sites for hydroxylation is 3. The molecule has 2 aromatic heterocycles. The number of anilines is 1. The summed E-state index contributed by atoms with van der Waals surface area (Å²) in [6.45, 7) is 6.66. The summed E-state index contributed by atoms with van der Waals surface area (Å²) < 4.78 is 0. The second kappa shape index (κ2) is 4.95. The molecule has 0 atom stereocenters. The maximum atomic E-state index is 4.32. The van der Waals surface area contributed by atoms with Gasteiger partial charge in [0.05, 0.1) is 18.4 Å². The quantitative estimate of drug-likeness (QED) is 0.844. The fraction of sp³-hybridized carbons (Fsp3) is 0.417. The number of aromatic nitrogens is 4. The molecule has 0 spiro atoms. The third-order valence-electron chi connectivity index (χ3n) is 2.44. The monoisotopic (exact) mass is 231 g/mol. The smallest absolute Gasteiger partial charge is 0.223 e. The fourth-order valence-electron chi connectivity index (χ4n) is 1.65. The molecule has 17 heavy (non-hydrogen) atoms. The molecule has 0 saturated heterocycles. The highest BCUT2D eigenvalue weighted by Crippen LogP contribution is 2.05. The van der Waals surface area contributed by atoms with E-state index in [2.05, 4.69) is 32.2 Å². The molecule has 0 aliphatic heterocycles. The van der Waals surface area contributed by atoms with Crippen molar-refractivity contribution in [2.24, 2.45) is 0 Å². The van der Waals surface area contributed by atoms with Crippen molar-refractivity contribution in [1.82, 2.24) is 19.9 Å². The van der Waals surface area contributed by atoms with Crippen LogP contribution in [0.2, 0.25) is 0 Å². The topological polar surface area (TPSA) is 66.5 Å². The van der Waals surface area contributed by atoms with Gasteiger partial charge in [-0.05, 0) is 19.9 Å². The molecule has 0 aliphatic carbocycles. The van der Waals surface area contributed by atoms with E-state index < -0.39 is 0 Å². The first-order chi connectivity index (χ1) is 8.17. The molecule has 0 bridgehead atoms. The van der Waals surface area contributed by atoms with Crippen LogP contribution in [0.15, 0.2) is 12.3 Å². The maximum absolute atomic E-state index is 4.32. The van der Waals surface area contributed by atoms with Crippen LogP contribution in [0, 0.1) is 13.8 Å². The van der Waals surface area contributed by atoms with Crippen molar-refractivity contribution in [3.63, 3.8) is 0 Å². The number of nitrogens with one attached hydrogen (secondary N) is 2. The first-order valence-corrected chi connectivity index (χ1v) is 5.76. The molecular weight excluding hydrogens is 214 g/mol. The van der Waals surface area contributed by atoms with E-state index in [1.54, 1.807) is 0 Å². The normalized spacial score (nSPS) is 10.5. The first-order valence-electron chi connectivity index (χ1n) is 5.76. The second-order valence-corrected chi connectivity index (χ2v) is 4.04. The summed E-state index contributed by atoms with van der Waals surface area (Å²) in [5.74, 6) is 1.67. The summed E-state index contributed by atoms with van der Waals surface area (Å²) in [6.07, 6.45) is 2.76. The minimum absolute atomic E-state index is 0.662. The van der Waals surface area contributed by atoms with Crippen LogP contribution in [0.4, 0.5) is 5.95 Å². The minimum atomic E-state index is 0.662. The summed E-state index contributed by atoms with van der Waals surface area (Å²) >= 11 is 0. The lowest BCUT2D eigenvalue weighted by Crippen LogP contribution is -2.05. The molecule has 0 aliphatic rings. The molecule has 5 nitrogen and oxygen atoms in total. The van der Waals surface area contributed by atoms with Gasteiger partial charge in [-0.25, -0.2) is 15.0 Å². The number of rotatable bonds is 4. The Labute approximate surface area is 101 Å². The van der Waals surface area contributed by atoms with Crippen molar-refractivity contribution in [3.8, 4) is 0 Å². The second-order valence-electron chi connectivity index (χ2n) is 4.04. The number of hydrogen-bond acceptors (Lipinski definition) is 4. The third kappa shape index (κ3) is 3.03. The van der Waals surface area contributed by atoms with E-state index in [1.807, 2.05) is 26.1 Å². The van der Waals surface area contributed by atoms with E-state index in [0.717, 1.165) is 29.3 Å². The van der Waals surface area contributed by atoms with Gasteiger partial charge in [0.25, 0.3) is 0 Å². The van der Waals surface area contributed by atoms with Gasteiger partial charge in [0.1, 0.15) is 5.82 Å². The SMILES string of the molecule is CCc1ncc(CNc2nc(C)cc(C)n2)[nH]1. The van der Waals surface area contributed by atoms with E-state index in [1.165, 1.54) is 0 Å². The molecule has 0 saturated carbocycles. The van der Waals surface area contributed by atoms with E-state index >= 15 is 0 Å². The Morgan fingerprint density at radius 2 is 1.94 bits per heavy atom. The highest BCUT2D eigenvalue weighted by molar-refractivity contribution is 5.28. The van der Waals surface area contributed by atoms with Crippen LogP contribution in [0.1, 0.15) is 29.8 Å². The van der Waals surface area contributed by atoms with Gasteiger partial charge in [0.15, 0.2) is 0 Å². The van der Waals surface area contributed by atoms with Gasteiger partial charge in [0, 0.05) is 17.8 Å². The highest BCUT2D eigenvalue weighted by Gasteiger charge is 2.01. The molecular formula is C12H17N5. The van der Waals surface area contributed by atoms with Gasteiger partial charge >= 0.3 is 0 Å². The molecule has 0 unspecified atom stereocenters. The molecule has 2 N–H and O–H groups in total. The number of nitrogens with zero attached hydrogens (tertiary/aromatic N) is 3. The number of imidazole rings is 1. The molecule has 0 aromatic carbocycles. The summed E-state index contributed by atoms with van der Waals surface area (Å²) in [4.78, 5) is 16.1. The Morgan fingerprint density at radius 1 is 1.24 bits per heavy atom. The zero-order valence-corrected chi connectivity index (χ0v) is 10.4. The van der Waals surface area contributed by atoms with Crippen LogP contribution in [0.5, 0.6) is 0 Å². The van der Waals surface area contributed by atoms with Crippen LogP contribution >= 0.6 is 0 Å². The Morgan fingerprint density at radius 3 is 2.53 bits per heavy atom. The van der Waals surface area contributed by atoms with E-state index in [4.69, 9.17) is 0 Å².